The van der Waals surface area contributed by atoms with Gasteiger partial charge in [0, 0.05) is 20.2 Å². The predicted molar refractivity (Wildman–Crippen MR) is 70.9 cm³/mol. The molecule has 110 valence electrons. The Hall–Kier alpha value is -1.30. The van der Waals surface area contributed by atoms with Gasteiger partial charge >= 0.3 is 12.0 Å². The highest BCUT2D eigenvalue weighted by molar-refractivity contribution is 5.82. The van der Waals surface area contributed by atoms with Crippen LogP contribution in [0.25, 0.3) is 0 Å². The summed E-state index contributed by atoms with van der Waals surface area (Å²) in [5.41, 5.74) is 0. The van der Waals surface area contributed by atoms with Gasteiger partial charge in [0.15, 0.2) is 0 Å². The maximum absolute atomic E-state index is 12.1. The average molecular weight is 272 g/mol. The van der Waals surface area contributed by atoms with Gasteiger partial charge in [-0.1, -0.05) is 20.8 Å². The fraction of sp³-hybridized carbons (Fsp3) is 0.846. The fourth-order valence-corrected chi connectivity index (χ4v) is 2.26. The molecule has 1 saturated heterocycles. The molecular formula is C13H24N2O4. The third-order valence-electron chi connectivity index (χ3n) is 3.69. The minimum absolute atomic E-state index is 0.0156. The summed E-state index contributed by atoms with van der Waals surface area (Å²) in [7, 11) is 1.64. The van der Waals surface area contributed by atoms with Gasteiger partial charge in [0.1, 0.15) is 6.04 Å². The molecule has 0 bridgehead atoms. The molecule has 1 heterocycles. The molecule has 2 amide bonds. The molecule has 19 heavy (non-hydrogen) atoms. The standard InChI is InChI=1S/C13H24N2O4/c1-8(2)11(12(16)17)14-13(18)15-6-5-9(3)10(7-15)19-4/h8-11H,5-7H2,1-4H3,(H,14,18)(H,16,17)/t9?,10?,11-/m1/s1. The van der Waals surface area contributed by atoms with Gasteiger partial charge in [-0.15, -0.1) is 0 Å². The van der Waals surface area contributed by atoms with Gasteiger partial charge in [0.25, 0.3) is 0 Å². The van der Waals surface area contributed by atoms with E-state index in [9.17, 15) is 9.59 Å². The number of aliphatic carboxylic acids is 1. The normalized spacial score (nSPS) is 25.2. The number of carbonyl (C=O) groups excluding carboxylic acids is 1. The van der Waals surface area contributed by atoms with Crippen molar-refractivity contribution in [1.29, 1.82) is 0 Å². The highest BCUT2D eigenvalue weighted by Gasteiger charge is 2.31. The number of nitrogens with zero attached hydrogens (tertiary/aromatic N) is 1. The summed E-state index contributed by atoms with van der Waals surface area (Å²) >= 11 is 0. The van der Waals surface area contributed by atoms with E-state index in [2.05, 4.69) is 12.2 Å². The molecule has 1 aliphatic rings. The number of carboxylic acid groups (broad SMARTS) is 1. The highest BCUT2D eigenvalue weighted by atomic mass is 16.5. The minimum Gasteiger partial charge on any atom is -0.480 e. The lowest BCUT2D eigenvalue weighted by Crippen LogP contribution is -2.54. The van der Waals surface area contributed by atoms with Crippen LogP contribution in [0.15, 0.2) is 0 Å². The molecule has 0 spiro atoms. The zero-order valence-electron chi connectivity index (χ0n) is 12.0. The summed E-state index contributed by atoms with van der Waals surface area (Å²) in [5.74, 6) is -0.741. The van der Waals surface area contributed by atoms with Gasteiger partial charge < -0.3 is 20.1 Å². The number of hydrogen-bond donors (Lipinski definition) is 2. The summed E-state index contributed by atoms with van der Waals surface area (Å²) in [6.07, 6.45) is 0.882. The second-order valence-corrected chi connectivity index (χ2v) is 5.50. The predicted octanol–water partition coefficient (Wildman–Crippen LogP) is 1.16. The number of methoxy groups -OCH3 is 1. The molecule has 3 atom stereocenters. The number of nitrogens with one attached hydrogen (secondary N) is 1. The molecule has 0 aromatic heterocycles. The number of piperidine rings is 1. The van der Waals surface area contributed by atoms with E-state index >= 15 is 0 Å². The van der Waals surface area contributed by atoms with Gasteiger partial charge in [-0.05, 0) is 18.3 Å². The summed E-state index contributed by atoms with van der Waals surface area (Å²) in [6, 6.07) is -1.18. The number of carbonyl (C=O) groups is 2. The lowest BCUT2D eigenvalue weighted by atomic mass is 9.96. The van der Waals surface area contributed by atoms with Crippen molar-refractivity contribution in [1.82, 2.24) is 10.2 Å². The largest absolute Gasteiger partial charge is 0.480 e. The van der Waals surface area contributed by atoms with E-state index in [4.69, 9.17) is 9.84 Å². The summed E-state index contributed by atoms with van der Waals surface area (Å²) in [6.45, 7) is 6.79. The van der Waals surface area contributed by atoms with Crippen LogP contribution in [0.3, 0.4) is 0 Å². The van der Waals surface area contributed by atoms with Gasteiger partial charge in [-0.3, -0.25) is 0 Å². The number of ether oxygens (including phenoxy) is 1. The Labute approximate surface area is 114 Å². The van der Waals surface area contributed by atoms with Crippen LogP contribution in [-0.4, -0.2) is 54.4 Å². The van der Waals surface area contributed by atoms with Crippen molar-refractivity contribution in [3.05, 3.63) is 0 Å². The topological polar surface area (TPSA) is 78.9 Å². The van der Waals surface area contributed by atoms with Gasteiger partial charge in [-0.25, -0.2) is 9.59 Å². The minimum atomic E-state index is -1.00. The third-order valence-corrected chi connectivity index (χ3v) is 3.69. The van der Waals surface area contributed by atoms with Gasteiger partial charge in [0.05, 0.1) is 6.10 Å². The number of hydrogen-bond acceptors (Lipinski definition) is 3. The lowest BCUT2D eigenvalue weighted by Gasteiger charge is -2.36. The SMILES string of the molecule is COC1CN(C(=O)N[C@@H](C(=O)O)C(C)C)CCC1C. The molecule has 0 saturated carbocycles. The van der Waals surface area contributed by atoms with E-state index in [1.807, 2.05) is 0 Å². The number of likely N-dealkylation sites (tertiary alicyclic amines) is 1. The molecule has 0 aromatic carbocycles. The van der Waals surface area contributed by atoms with E-state index in [1.54, 1.807) is 25.9 Å². The second kappa shape index (κ2) is 6.75. The van der Waals surface area contributed by atoms with E-state index in [-0.39, 0.29) is 18.1 Å². The monoisotopic (exact) mass is 272 g/mol. The number of amides is 2. The highest BCUT2D eigenvalue weighted by Crippen LogP contribution is 2.19. The Bertz CT molecular complexity index is 333. The van der Waals surface area contributed by atoms with Crippen LogP contribution < -0.4 is 5.32 Å². The molecule has 1 fully saturated rings. The molecule has 0 aromatic rings. The molecule has 1 aliphatic heterocycles. The molecule has 6 heteroatoms. The maximum Gasteiger partial charge on any atom is 0.326 e. The van der Waals surface area contributed by atoms with Gasteiger partial charge in [0.2, 0.25) is 0 Å². The van der Waals surface area contributed by atoms with Crippen LogP contribution in [0.2, 0.25) is 0 Å². The number of urea groups is 1. The first-order valence-electron chi connectivity index (χ1n) is 6.67. The molecule has 0 aliphatic carbocycles. The van der Waals surface area contributed by atoms with E-state index in [0.29, 0.717) is 19.0 Å². The second-order valence-electron chi connectivity index (χ2n) is 5.50. The first kappa shape index (κ1) is 15.8. The van der Waals surface area contributed by atoms with Crippen LogP contribution in [0.4, 0.5) is 4.79 Å². The van der Waals surface area contributed by atoms with Crippen molar-refractivity contribution in [2.45, 2.75) is 39.3 Å². The average Bonchev–Trinajstić information content (AvgIpc) is 2.35. The zero-order chi connectivity index (χ0) is 14.6. The van der Waals surface area contributed by atoms with E-state index in [1.165, 1.54) is 0 Å². The number of carboxylic acids is 1. The first-order chi connectivity index (χ1) is 8.86. The van der Waals surface area contributed by atoms with Crippen molar-refractivity contribution >= 4 is 12.0 Å². The van der Waals surface area contributed by atoms with Crippen LogP contribution >= 0.6 is 0 Å². The summed E-state index contributed by atoms with van der Waals surface area (Å²) < 4.78 is 5.35. The Morgan fingerprint density at radius 2 is 2.05 bits per heavy atom. The van der Waals surface area contributed by atoms with Crippen molar-refractivity contribution in [2.24, 2.45) is 11.8 Å². The summed E-state index contributed by atoms with van der Waals surface area (Å²) in [4.78, 5) is 24.8. The van der Waals surface area contributed by atoms with Gasteiger partial charge in [-0.2, -0.15) is 0 Å². The Morgan fingerprint density at radius 1 is 1.42 bits per heavy atom. The first-order valence-corrected chi connectivity index (χ1v) is 6.67. The summed E-state index contributed by atoms with van der Waals surface area (Å²) in [5, 5.41) is 11.7. The van der Waals surface area contributed by atoms with E-state index < -0.39 is 12.0 Å². The fourth-order valence-electron chi connectivity index (χ4n) is 2.26. The van der Waals surface area contributed by atoms with Crippen LogP contribution in [0, 0.1) is 11.8 Å². The van der Waals surface area contributed by atoms with Crippen molar-refractivity contribution < 1.29 is 19.4 Å². The van der Waals surface area contributed by atoms with Crippen LogP contribution in [-0.2, 0) is 9.53 Å². The molecule has 2 unspecified atom stereocenters. The number of rotatable bonds is 4. The molecular weight excluding hydrogens is 248 g/mol. The smallest absolute Gasteiger partial charge is 0.326 e. The third kappa shape index (κ3) is 4.09. The molecule has 6 nitrogen and oxygen atoms in total. The quantitative estimate of drug-likeness (QED) is 0.805. The molecule has 2 N–H and O–H groups in total. The lowest BCUT2D eigenvalue weighted by molar-refractivity contribution is -0.140. The Kier molecular flexibility index (Phi) is 5.60. The Balaban J connectivity index is 2.60. The zero-order valence-corrected chi connectivity index (χ0v) is 12.0. The van der Waals surface area contributed by atoms with E-state index in [0.717, 1.165) is 6.42 Å². The van der Waals surface area contributed by atoms with Crippen molar-refractivity contribution in [3.8, 4) is 0 Å². The Morgan fingerprint density at radius 3 is 2.53 bits per heavy atom. The van der Waals surface area contributed by atoms with Crippen LogP contribution in [0.5, 0.6) is 0 Å². The van der Waals surface area contributed by atoms with Crippen LogP contribution in [0.1, 0.15) is 27.2 Å². The van der Waals surface area contributed by atoms with Crippen molar-refractivity contribution in [2.75, 3.05) is 20.2 Å². The molecule has 1 rings (SSSR count). The maximum atomic E-state index is 12.1. The van der Waals surface area contributed by atoms with Crippen molar-refractivity contribution in [3.63, 3.8) is 0 Å². The molecule has 0 radical (unpaired) electrons.